The zero-order chi connectivity index (χ0) is 14.2. The molecule has 2 aliphatic rings. The minimum atomic E-state index is -3.63. The molecule has 2 bridgehead atoms. The number of carboxylic acids is 1. The fourth-order valence-electron chi connectivity index (χ4n) is 2.95. The van der Waals surface area contributed by atoms with E-state index in [0.717, 1.165) is 0 Å². The molecule has 19 heavy (non-hydrogen) atoms. The number of nitrogens with one attached hydrogen (secondary N) is 1. The van der Waals surface area contributed by atoms with Gasteiger partial charge in [0.2, 0.25) is 15.9 Å². The van der Waals surface area contributed by atoms with Gasteiger partial charge in [0, 0.05) is 6.54 Å². The van der Waals surface area contributed by atoms with Gasteiger partial charge in [0.25, 0.3) is 0 Å². The van der Waals surface area contributed by atoms with Crippen LogP contribution in [0.3, 0.4) is 0 Å². The largest absolute Gasteiger partial charge is 0.481 e. The third kappa shape index (κ3) is 2.95. The Morgan fingerprint density at radius 3 is 2.37 bits per heavy atom. The number of fused-ring (bicyclic) bond motifs is 2. The molecule has 0 aromatic rings. The van der Waals surface area contributed by atoms with E-state index in [1.807, 2.05) is 12.2 Å². The van der Waals surface area contributed by atoms with Crippen LogP contribution in [0.5, 0.6) is 0 Å². The van der Waals surface area contributed by atoms with Crippen molar-refractivity contribution in [2.45, 2.75) is 6.42 Å². The van der Waals surface area contributed by atoms with Crippen LogP contribution in [0.2, 0.25) is 0 Å². The van der Waals surface area contributed by atoms with Crippen molar-refractivity contribution in [2.24, 2.45) is 28.8 Å². The molecule has 2 aliphatic carbocycles. The van der Waals surface area contributed by atoms with Crippen LogP contribution in [0, 0.1) is 23.7 Å². The average Bonchev–Trinajstić information content (AvgIpc) is 2.85. The lowest BCUT2D eigenvalue weighted by Crippen LogP contribution is -2.42. The number of primary sulfonamides is 1. The molecule has 4 atom stereocenters. The van der Waals surface area contributed by atoms with Crippen molar-refractivity contribution in [2.75, 3.05) is 12.3 Å². The summed E-state index contributed by atoms with van der Waals surface area (Å²) < 4.78 is 21.5. The number of sulfonamides is 1. The van der Waals surface area contributed by atoms with E-state index in [4.69, 9.17) is 5.14 Å². The molecule has 4 unspecified atom stereocenters. The van der Waals surface area contributed by atoms with Gasteiger partial charge < -0.3 is 10.4 Å². The summed E-state index contributed by atoms with van der Waals surface area (Å²) in [4.78, 5) is 23.2. The van der Waals surface area contributed by atoms with Crippen molar-refractivity contribution in [1.29, 1.82) is 0 Å². The molecular formula is C11H16N2O5S. The molecule has 7 nitrogen and oxygen atoms in total. The van der Waals surface area contributed by atoms with Crippen LogP contribution in [-0.4, -0.2) is 37.7 Å². The van der Waals surface area contributed by atoms with Crippen molar-refractivity contribution in [3.05, 3.63) is 12.2 Å². The van der Waals surface area contributed by atoms with E-state index >= 15 is 0 Å². The standard InChI is InChI=1S/C11H16N2O5S/c12-19(17,18)4-3-13-10(14)8-6-1-2-7(5-6)9(8)11(15)16/h1-2,6-9H,3-5H2,(H,13,14)(H,15,16)(H2,12,17,18). The minimum absolute atomic E-state index is 0.0689. The second-order valence-electron chi connectivity index (χ2n) is 5.00. The van der Waals surface area contributed by atoms with E-state index in [2.05, 4.69) is 5.32 Å². The SMILES string of the molecule is NS(=O)(=O)CCNC(=O)C1C2C=CC(C2)C1C(=O)O. The Hall–Kier alpha value is -1.41. The number of nitrogens with two attached hydrogens (primary N) is 1. The van der Waals surface area contributed by atoms with Gasteiger partial charge in [-0.2, -0.15) is 0 Å². The maximum absolute atomic E-state index is 12.0. The Morgan fingerprint density at radius 2 is 1.84 bits per heavy atom. The highest BCUT2D eigenvalue weighted by atomic mass is 32.2. The Kier molecular flexibility index (Phi) is 3.64. The third-order valence-electron chi connectivity index (χ3n) is 3.73. The molecular weight excluding hydrogens is 272 g/mol. The maximum Gasteiger partial charge on any atom is 0.307 e. The molecule has 1 saturated carbocycles. The van der Waals surface area contributed by atoms with E-state index in [-0.39, 0.29) is 24.1 Å². The lowest BCUT2D eigenvalue weighted by molar-refractivity contribution is -0.147. The molecule has 0 radical (unpaired) electrons. The highest BCUT2D eigenvalue weighted by molar-refractivity contribution is 7.89. The van der Waals surface area contributed by atoms with Crippen LogP contribution in [0.15, 0.2) is 12.2 Å². The van der Waals surface area contributed by atoms with Gasteiger partial charge in [0.1, 0.15) is 0 Å². The smallest absolute Gasteiger partial charge is 0.307 e. The molecule has 0 heterocycles. The summed E-state index contributed by atoms with van der Waals surface area (Å²) >= 11 is 0. The fraction of sp³-hybridized carbons (Fsp3) is 0.636. The topological polar surface area (TPSA) is 127 Å². The van der Waals surface area contributed by atoms with E-state index in [0.29, 0.717) is 6.42 Å². The average molecular weight is 288 g/mol. The van der Waals surface area contributed by atoms with Crippen LogP contribution in [-0.2, 0) is 19.6 Å². The van der Waals surface area contributed by atoms with Crippen molar-refractivity contribution >= 4 is 21.9 Å². The number of hydrogen-bond donors (Lipinski definition) is 3. The van der Waals surface area contributed by atoms with Crippen LogP contribution in [0.1, 0.15) is 6.42 Å². The quantitative estimate of drug-likeness (QED) is 0.554. The maximum atomic E-state index is 12.0. The second-order valence-corrected chi connectivity index (χ2v) is 6.73. The summed E-state index contributed by atoms with van der Waals surface area (Å²) in [6.45, 7) is -0.0956. The highest BCUT2D eigenvalue weighted by Crippen LogP contribution is 2.48. The van der Waals surface area contributed by atoms with Crippen LogP contribution in [0.4, 0.5) is 0 Å². The Morgan fingerprint density at radius 1 is 1.26 bits per heavy atom. The first-order valence-corrected chi connectivity index (χ1v) is 7.70. The minimum Gasteiger partial charge on any atom is -0.481 e. The third-order valence-corrected chi connectivity index (χ3v) is 4.51. The van der Waals surface area contributed by atoms with Gasteiger partial charge in [-0.05, 0) is 18.3 Å². The van der Waals surface area contributed by atoms with Gasteiger partial charge in [-0.25, -0.2) is 13.6 Å². The van der Waals surface area contributed by atoms with Crippen molar-refractivity contribution in [3.63, 3.8) is 0 Å². The molecule has 0 saturated heterocycles. The molecule has 0 aromatic carbocycles. The molecule has 0 aliphatic heterocycles. The summed E-state index contributed by atoms with van der Waals surface area (Å²) in [6, 6.07) is 0. The molecule has 106 valence electrons. The summed E-state index contributed by atoms with van der Waals surface area (Å²) in [6.07, 6.45) is 4.38. The highest BCUT2D eigenvalue weighted by Gasteiger charge is 2.51. The first-order chi connectivity index (χ1) is 8.79. The first-order valence-electron chi connectivity index (χ1n) is 5.99. The number of amides is 1. The van der Waals surface area contributed by atoms with Gasteiger partial charge in [-0.1, -0.05) is 12.2 Å². The van der Waals surface area contributed by atoms with Crippen LogP contribution in [0.25, 0.3) is 0 Å². The first kappa shape index (κ1) is 14.0. The molecule has 8 heteroatoms. The summed E-state index contributed by atoms with van der Waals surface area (Å²) in [5.74, 6) is -3.25. The van der Waals surface area contributed by atoms with Crippen LogP contribution < -0.4 is 10.5 Å². The molecule has 4 N–H and O–H groups in total. The number of allylic oxidation sites excluding steroid dienone is 2. The lowest BCUT2D eigenvalue weighted by atomic mass is 9.82. The normalized spacial score (nSPS) is 32.5. The predicted octanol–water partition coefficient (Wildman–Crippen LogP) is -1.09. The van der Waals surface area contributed by atoms with E-state index < -0.39 is 33.7 Å². The second kappa shape index (κ2) is 4.93. The number of hydrogen-bond acceptors (Lipinski definition) is 4. The monoisotopic (exact) mass is 288 g/mol. The molecule has 0 aromatic heterocycles. The van der Waals surface area contributed by atoms with Gasteiger partial charge in [-0.15, -0.1) is 0 Å². The number of carbonyl (C=O) groups excluding carboxylic acids is 1. The van der Waals surface area contributed by atoms with Gasteiger partial charge in [-0.3, -0.25) is 9.59 Å². The molecule has 1 fully saturated rings. The predicted molar refractivity (Wildman–Crippen MR) is 66.3 cm³/mol. The van der Waals surface area contributed by atoms with E-state index in [9.17, 15) is 23.1 Å². The van der Waals surface area contributed by atoms with E-state index in [1.165, 1.54) is 0 Å². The van der Waals surface area contributed by atoms with Gasteiger partial charge in [0.05, 0.1) is 17.6 Å². The number of aliphatic carboxylic acids is 1. The Balaban J connectivity index is 1.99. The van der Waals surface area contributed by atoms with Gasteiger partial charge in [0.15, 0.2) is 0 Å². The zero-order valence-electron chi connectivity index (χ0n) is 10.2. The van der Waals surface area contributed by atoms with Crippen molar-refractivity contribution < 1.29 is 23.1 Å². The Labute approximate surface area is 110 Å². The summed E-state index contributed by atoms with van der Waals surface area (Å²) in [5.41, 5.74) is 0. The summed E-state index contributed by atoms with van der Waals surface area (Å²) in [7, 11) is -3.63. The summed E-state index contributed by atoms with van der Waals surface area (Å²) in [5, 5.41) is 16.5. The number of carbonyl (C=O) groups is 2. The van der Waals surface area contributed by atoms with Gasteiger partial charge >= 0.3 is 5.97 Å². The lowest BCUT2D eigenvalue weighted by Gasteiger charge is -2.23. The van der Waals surface area contributed by atoms with E-state index in [1.54, 1.807) is 0 Å². The zero-order valence-corrected chi connectivity index (χ0v) is 11.0. The number of rotatable bonds is 5. The number of carboxylic acid groups (broad SMARTS) is 1. The molecule has 1 amide bonds. The molecule has 0 spiro atoms. The van der Waals surface area contributed by atoms with Crippen molar-refractivity contribution in [3.8, 4) is 0 Å². The van der Waals surface area contributed by atoms with Crippen LogP contribution >= 0.6 is 0 Å². The Bertz CT molecular complexity index is 527. The fourth-order valence-corrected chi connectivity index (χ4v) is 3.34. The van der Waals surface area contributed by atoms with Crippen molar-refractivity contribution in [1.82, 2.24) is 5.32 Å². The molecule has 2 rings (SSSR count).